The largest absolute Gasteiger partial charge is 0.315 e. The summed E-state index contributed by atoms with van der Waals surface area (Å²) in [6.07, 6.45) is 2.57. The van der Waals surface area contributed by atoms with Crippen molar-refractivity contribution in [2.45, 2.75) is 52.1 Å². The molecular weight excluding hydrogens is 210 g/mol. The van der Waals surface area contributed by atoms with Crippen LogP contribution in [0, 0.1) is 0 Å². The minimum Gasteiger partial charge on any atom is -0.315 e. The van der Waals surface area contributed by atoms with Crippen LogP contribution in [0.2, 0.25) is 0 Å². The van der Waals surface area contributed by atoms with Crippen molar-refractivity contribution >= 4 is 0 Å². The summed E-state index contributed by atoms with van der Waals surface area (Å²) in [6, 6.07) is 0.653. The highest BCUT2D eigenvalue weighted by molar-refractivity contribution is 4.90. The van der Waals surface area contributed by atoms with Crippen LogP contribution in [0.25, 0.3) is 0 Å². The molecule has 0 radical (unpaired) electrons. The van der Waals surface area contributed by atoms with Crippen molar-refractivity contribution in [3.63, 3.8) is 0 Å². The molecule has 1 aliphatic rings. The Kier molecular flexibility index (Phi) is 5.90. The van der Waals surface area contributed by atoms with Gasteiger partial charge in [0.05, 0.1) is 0 Å². The van der Waals surface area contributed by atoms with Crippen molar-refractivity contribution in [3.8, 4) is 0 Å². The first kappa shape index (κ1) is 14.9. The number of rotatable bonds is 6. The minimum atomic E-state index is 0.315. The lowest BCUT2D eigenvalue weighted by Crippen LogP contribution is -2.60. The van der Waals surface area contributed by atoms with E-state index in [1.807, 2.05) is 0 Å². The van der Waals surface area contributed by atoms with Crippen molar-refractivity contribution in [1.82, 2.24) is 15.1 Å². The van der Waals surface area contributed by atoms with Crippen molar-refractivity contribution in [2.24, 2.45) is 0 Å². The van der Waals surface area contributed by atoms with Crippen molar-refractivity contribution in [2.75, 3.05) is 39.8 Å². The van der Waals surface area contributed by atoms with E-state index in [4.69, 9.17) is 0 Å². The number of hydrogen-bond donors (Lipinski definition) is 1. The molecule has 0 amide bonds. The van der Waals surface area contributed by atoms with Crippen LogP contribution >= 0.6 is 0 Å². The fourth-order valence-corrected chi connectivity index (χ4v) is 2.40. The van der Waals surface area contributed by atoms with Crippen LogP contribution in [-0.2, 0) is 0 Å². The quantitative estimate of drug-likeness (QED) is 0.715. The molecule has 0 saturated carbocycles. The maximum absolute atomic E-state index is 3.57. The third-order valence-corrected chi connectivity index (χ3v) is 4.12. The Balaban J connectivity index is 2.30. The molecule has 1 rings (SSSR count). The standard InChI is InChI=1S/C14H31N3/c1-6-7-8-15-11-13(2)17-10-9-16(5)14(3,4)12-17/h13,15H,6-12H2,1-5H3. The minimum absolute atomic E-state index is 0.315. The molecule has 0 aromatic rings. The number of hydrogen-bond acceptors (Lipinski definition) is 3. The number of unbranched alkanes of at least 4 members (excludes halogenated alkanes) is 1. The molecule has 1 fully saturated rings. The van der Waals surface area contributed by atoms with Gasteiger partial charge in [-0.1, -0.05) is 13.3 Å². The fourth-order valence-electron chi connectivity index (χ4n) is 2.40. The molecule has 0 bridgehead atoms. The van der Waals surface area contributed by atoms with E-state index in [0.29, 0.717) is 11.6 Å². The maximum Gasteiger partial charge on any atom is 0.0277 e. The first-order chi connectivity index (χ1) is 7.97. The van der Waals surface area contributed by atoms with E-state index in [2.05, 4.69) is 49.9 Å². The van der Waals surface area contributed by atoms with Crippen molar-refractivity contribution in [3.05, 3.63) is 0 Å². The molecule has 0 aliphatic carbocycles. The van der Waals surface area contributed by atoms with E-state index in [0.717, 1.165) is 13.1 Å². The summed E-state index contributed by atoms with van der Waals surface area (Å²) in [5.74, 6) is 0. The second kappa shape index (κ2) is 6.72. The van der Waals surface area contributed by atoms with Crippen LogP contribution in [0.1, 0.15) is 40.5 Å². The van der Waals surface area contributed by atoms with Crippen LogP contribution in [0.5, 0.6) is 0 Å². The Labute approximate surface area is 108 Å². The van der Waals surface area contributed by atoms with Crippen LogP contribution in [0.4, 0.5) is 0 Å². The Bertz CT molecular complexity index is 216. The zero-order valence-corrected chi connectivity index (χ0v) is 12.4. The van der Waals surface area contributed by atoms with Crippen molar-refractivity contribution in [1.29, 1.82) is 0 Å². The van der Waals surface area contributed by atoms with Crippen LogP contribution in [0.15, 0.2) is 0 Å². The average Bonchev–Trinajstić information content (AvgIpc) is 2.28. The van der Waals surface area contributed by atoms with E-state index in [-0.39, 0.29) is 0 Å². The highest BCUT2D eigenvalue weighted by Crippen LogP contribution is 2.20. The van der Waals surface area contributed by atoms with Gasteiger partial charge in [-0.2, -0.15) is 0 Å². The Morgan fingerprint density at radius 3 is 2.59 bits per heavy atom. The molecule has 1 N–H and O–H groups in total. The number of piperazine rings is 1. The fraction of sp³-hybridized carbons (Fsp3) is 1.00. The molecule has 17 heavy (non-hydrogen) atoms. The molecule has 3 heteroatoms. The molecule has 1 heterocycles. The van der Waals surface area contributed by atoms with Crippen LogP contribution in [0.3, 0.4) is 0 Å². The molecule has 0 aromatic heterocycles. The average molecular weight is 241 g/mol. The lowest BCUT2D eigenvalue weighted by atomic mass is 9.98. The van der Waals surface area contributed by atoms with Crippen molar-refractivity contribution < 1.29 is 0 Å². The number of nitrogens with one attached hydrogen (secondary N) is 1. The van der Waals surface area contributed by atoms with Gasteiger partial charge in [0.25, 0.3) is 0 Å². The van der Waals surface area contributed by atoms with Gasteiger partial charge in [0.2, 0.25) is 0 Å². The van der Waals surface area contributed by atoms with E-state index in [1.165, 1.54) is 32.5 Å². The highest BCUT2D eigenvalue weighted by Gasteiger charge is 2.32. The first-order valence-corrected chi connectivity index (χ1v) is 7.13. The summed E-state index contributed by atoms with van der Waals surface area (Å²) in [7, 11) is 2.24. The molecular formula is C14H31N3. The van der Waals surface area contributed by atoms with E-state index in [9.17, 15) is 0 Å². The van der Waals surface area contributed by atoms with Crippen LogP contribution < -0.4 is 5.32 Å². The smallest absolute Gasteiger partial charge is 0.0277 e. The van der Waals surface area contributed by atoms with Gasteiger partial charge in [-0.15, -0.1) is 0 Å². The van der Waals surface area contributed by atoms with E-state index >= 15 is 0 Å². The molecule has 0 aromatic carbocycles. The van der Waals surface area contributed by atoms with Crippen LogP contribution in [-0.4, -0.2) is 61.2 Å². The molecule has 102 valence electrons. The number of likely N-dealkylation sites (N-methyl/N-ethyl adjacent to an activating group) is 1. The third kappa shape index (κ3) is 4.57. The van der Waals surface area contributed by atoms with Gasteiger partial charge in [-0.05, 0) is 40.8 Å². The summed E-state index contributed by atoms with van der Waals surface area (Å²) < 4.78 is 0. The van der Waals surface area contributed by atoms with Gasteiger partial charge < -0.3 is 5.32 Å². The normalized spacial score (nSPS) is 23.8. The second-order valence-electron chi connectivity index (χ2n) is 6.11. The summed E-state index contributed by atoms with van der Waals surface area (Å²) in [5, 5.41) is 3.57. The monoisotopic (exact) mass is 241 g/mol. The molecule has 3 nitrogen and oxygen atoms in total. The molecule has 1 atom stereocenters. The predicted octanol–water partition coefficient (Wildman–Crippen LogP) is 1.79. The summed E-state index contributed by atoms with van der Waals surface area (Å²) >= 11 is 0. The molecule has 0 spiro atoms. The lowest BCUT2D eigenvalue weighted by molar-refractivity contribution is 0.0208. The lowest BCUT2D eigenvalue weighted by Gasteiger charge is -2.47. The second-order valence-corrected chi connectivity index (χ2v) is 6.11. The molecule has 1 aliphatic heterocycles. The van der Waals surface area contributed by atoms with Gasteiger partial charge in [0.1, 0.15) is 0 Å². The Hall–Kier alpha value is -0.120. The van der Waals surface area contributed by atoms with Gasteiger partial charge in [-0.25, -0.2) is 0 Å². The zero-order valence-electron chi connectivity index (χ0n) is 12.4. The van der Waals surface area contributed by atoms with E-state index < -0.39 is 0 Å². The summed E-state index contributed by atoms with van der Waals surface area (Å²) in [5.41, 5.74) is 0.315. The van der Waals surface area contributed by atoms with Gasteiger partial charge in [0.15, 0.2) is 0 Å². The summed E-state index contributed by atoms with van der Waals surface area (Å²) in [6.45, 7) is 15.1. The Morgan fingerprint density at radius 1 is 1.29 bits per heavy atom. The summed E-state index contributed by atoms with van der Waals surface area (Å²) in [4.78, 5) is 5.10. The number of nitrogens with zero attached hydrogens (tertiary/aromatic N) is 2. The maximum atomic E-state index is 3.57. The predicted molar refractivity (Wildman–Crippen MR) is 75.5 cm³/mol. The zero-order chi connectivity index (χ0) is 12.9. The van der Waals surface area contributed by atoms with Gasteiger partial charge in [-0.3, -0.25) is 9.80 Å². The molecule has 1 unspecified atom stereocenters. The topological polar surface area (TPSA) is 18.5 Å². The highest BCUT2D eigenvalue weighted by atomic mass is 15.3. The van der Waals surface area contributed by atoms with Gasteiger partial charge in [0, 0.05) is 37.8 Å². The third-order valence-electron chi connectivity index (χ3n) is 4.12. The SMILES string of the molecule is CCCCNCC(C)N1CCN(C)C(C)(C)C1. The van der Waals surface area contributed by atoms with E-state index in [1.54, 1.807) is 0 Å². The Morgan fingerprint density at radius 2 is 2.00 bits per heavy atom. The molecule has 1 saturated heterocycles. The van der Waals surface area contributed by atoms with Gasteiger partial charge >= 0.3 is 0 Å². The first-order valence-electron chi connectivity index (χ1n) is 7.13.